The molecule has 0 aliphatic heterocycles. The van der Waals surface area contributed by atoms with Crippen molar-refractivity contribution in [3.8, 4) is 11.6 Å². The van der Waals surface area contributed by atoms with E-state index in [1.807, 2.05) is 26.0 Å². The molecular weight excluding hydrogens is 350 g/mol. The number of nitrogens with one attached hydrogen (secondary N) is 3. The molecule has 0 aromatic carbocycles. The number of aromatic amines is 1. The second-order valence-electron chi connectivity index (χ2n) is 5.70. The Morgan fingerprint density at radius 1 is 1.31 bits per heavy atom. The fourth-order valence-electron chi connectivity index (χ4n) is 2.31. The predicted molar refractivity (Wildman–Crippen MR) is 102 cm³/mol. The summed E-state index contributed by atoms with van der Waals surface area (Å²) in [5, 5.41) is 14.7. The monoisotopic (exact) mass is 373 g/mol. The number of thiazole rings is 1. The third kappa shape index (κ3) is 4.69. The van der Waals surface area contributed by atoms with E-state index < -0.39 is 0 Å². The largest absolute Gasteiger partial charge is 0.461 e. The van der Waals surface area contributed by atoms with E-state index in [1.165, 1.54) is 4.88 Å². The Bertz CT molecular complexity index is 831. The van der Waals surface area contributed by atoms with Gasteiger partial charge >= 0.3 is 0 Å². The lowest BCUT2D eigenvalue weighted by Gasteiger charge is -2.10. The molecule has 0 spiro atoms. The highest BCUT2D eigenvalue weighted by Gasteiger charge is 2.08. The van der Waals surface area contributed by atoms with Crippen LogP contribution in [-0.2, 0) is 13.0 Å². The average molecular weight is 373 g/mol. The molecule has 3 heterocycles. The first kappa shape index (κ1) is 18.1. The van der Waals surface area contributed by atoms with Gasteiger partial charge in [-0.2, -0.15) is 0 Å². The lowest BCUT2D eigenvalue weighted by atomic mass is 10.4. The third-order valence-corrected chi connectivity index (χ3v) is 4.84. The number of furan rings is 1. The van der Waals surface area contributed by atoms with Crippen molar-refractivity contribution in [2.24, 2.45) is 4.99 Å². The van der Waals surface area contributed by atoms with Crippen molar-refractivity contribution in [2.45, 2.75) is 33.7 Å². The highest BCUT2D eigenvalue weighted by atomic mass is 32.1. The highest BCUT2D eigenvalue weighted by molar-refractivity contribution is 7.11. The van der Waals surface area contributed by atoms with Crippen LogP contribution in [0.2, 0.25) is 0 Å². The molecule has 9 heteroatoms. The normalized spacial score (nSPS) is 11.7. The van der Waals surface area contributed by atoms with Crippen LogP contribution in [0, 0.1) is 13.8 Å². The Kier molecular flexibility index (Phi) is 6.00. The Hall–Kier alpha value is -2.68. The fourth-order valence-corrected chi connectivity index (χ4v) is 3.25. The number of aromatic nitrogens is 4. The maximum absolute atomic E-state index is 5.29. The molecule has 26 heavy (non-hydrogen) atoms. The van der Waals surface area contributed by atoms with Gasteiger partial charge in [0.1, 0.15) is 12.4 Å². The molecule has 0 atom stereocenters. The third-order valence-electron chi connectivity index (χ3n) is 3.71. The fraction of sp³-hybridized carbons (Fsp3) is 0.412. The molecule has 0 saturated heterocycles. The first-order chi connectivity index (χ1) is 12.7. The van der Waals surface area contributed by atoms with Crippen LogP contribution >= 0.6 is 11.3 Å². The van der Waals surface area contributed by atoms with Crippen LogP contribution < -0.4 is 10.6 Å². The van der Waals surface area contributed by atoms with Gasteiger partial charge in [-0.3, -0.25) is 5.10 Å². The topological polar surface area (TPSA) is 104 Å². The van der Waals surface area contributed by atoms with Crippen molar-refractivity contribution in [1.82, 2.24) is 30.8 Å². The van der Waals surface area contributed by atoms with Crippen LogP contribution in [0.5, 0.6) is 0 Å². The van der Waals surface area contributed by atoms with E-state index in [9.17, 15) is 0 Å². The van der Waals surface area contributed by atoms with Gasteiger partial charge in [-0.1, -0.05) is 0 Å². The average Bonchev–Trinajstić information content (AvgIpc) is 3.35. The molecule has 0 unspecified atom stereocenters. The van der Waals surface area contributed by atoms with Crippen LogP contribution in [-0.4, -0.2) is 39.2 Å². The van der Waals surface area contributed by atoms with E-state index in [0.29, 0.717) is 24.0 Å². The van der Waals surface area contributed by atoms with Crippen LogP contribution in [0.3, 0.4) is 0 Å². The van der Waals surface area contributed by atoms with Crippen molar-refractivity contribution in [3.05, 3.63) is 39.8 Å². The maximum Gasteiger partial charge on any atom is 0.216 e. The minimum Gasteiger partial charge on any atom is -0.461 e. The van der Waals surface area contributed by atoms with Gasteiger partial charge in [-0.25, -0.2) is 15.0 Å². The van der Waals surface area contributed by atoms with Gasteiger partial charge in [0.25, 0.3) is 0 Å². The van der Waals surface area contributed by atoms with Crippen molar-refractivity contribution >= 4 is 17.3 Å². The SMILES string of the molecule is CCNC(=NCc1nc(-c2ccco2)n[nH]1)NCCc1nc(C)c(C)s1. The number of nitrogens with zero attached hydrogens (tertiary/aromatic N) is 4. The standard InChI is InChI=1S/C17H23N7OS/c1-4-18-17(19-8-7-15-21-11(2)12(3)26-15)20-10-14-22-16(24-23-14)13-6-5-9-25-13/h5-6,9H,4,7-8,10H2,1-3H3,(H2,18,19,20)(H,22,23,24). The summed E-state index contributed by atoms with van der Waals surface area (Å²) in [5.41, 5.74) is 1.11. The molecule has 8 nitrogen and oxygen atoms in total. The van der Waals surface area contributed by atoms with Gasteiger partial charge < -0.3 is 15.1 Å². The summed E-state index contributed by atoms with van der Waals surface area (Å²) in [7, 11) is 0. The molecule has 3 N–H and O–H groups in total. The van der Waals surface area contributed by atoms with Crippen molar-refractivity contribution in [1.29, 1.82) is 0 Å². The number of guanidine groups is 1. The Morgan fingerprint density at radius 2 is 2.19 bits per heavy atom. The molecule has 0 fully saturated rings. The van der Waals surface area contributed by atoms with E-state index >= 15 is 0 Å². The van der Waals surface area contributed by atoms with Crippen LogP contribution in [0.1, 0.15) is 28.3 Å². The number of hydrogen-bond donors (Lipinski definition) is 3. The van der Waals surface area contributed by atoms with Crippen LogP contribution in [0.4, 0.5) is 0 Å². The molecule has 0 saturated carbocycles. The summed E-state index contributed by atoms with van der Waals surface area (Å²) in [5.74, 6) is 2.59. The molecule has 3 rings (SSSR count). The van der Waals surface area contributed by atoms with E-state index in [4.69, 9.17) is 4.42 Å². The van der Waals surface area contributed by atoms with Crippen molar-refractivity contribution < 1.29 is 4.42 Å². The minimum atomic E-state index is 0.401. The number of H-pyrrole nitrogens is 1. The minimum absolute atomic E-state index is 0.401. The summed E-state index contributed by atoms with van der Waals surface area (Å²) >= 11 is 1.75. The number of aryl methyl sites for hydroxylation is 2. The predicted octanol–water partition coefficient (Wildman–Crippen LogP) is 2.44. The van der Waals surface area contributed by atoms with E-state index in [2.05, 4.69) is 42.7 Å². The lowest BCUT2D eigenvalue weighted by molar-refractivity contribution is 0.577. The molecule has 3 aromatic heterocycles. The Morgan fingerprint density at radius 3 is 2.88 bits per heavy atom. The summed E-state index contributed by atoms with van der Waals surface area (Å²) in [6.07, 6.45) is 2.47. The van der Waals surface area contributed by atoms with Gasteiger partial charge in [0.2, 0.25) is 5.82 Å². The van der Waals surface area contributed by atoms with E-state index in [1.54, 1.807) is 17.6 Å². The lowest BCUT2D eigenvalue weighted by Crippen LogP contribution is -2.38. The summed E-state index contributed by atoms with van der Waals surface area (Å²) in [6, 6.07) is 3.63. The second kappa shape index (κ2) is 8.61. The molecular formula is C17H23N7OS. The molecule has 138 valence electrons. The summed E-state index contributed by atoms with van der Waals surface area (Å²) < 4.78 is 5.29. The van der Waals surface area contributed by atoms with Crippen LogP contribution in [0.25, 0.3) is 11.6 Å². The highest BCUT2D eigenvalue weighted by Crippen LogP contribution is 2.16. The molecule has 0 radical (unpaired) electrons. The summed E-state index contributed by atoms with van der Waals surface area (Å²) in [4.78, 5) is 14.8. The zero-order chi connectivity index (χ0) is 18.4. The zero-order valence-electron chi connectivity index (χ0n) is 15.2. The maximum atomic E-state index is 5.29. The van der Waals surface area contributed by atoms with Gasteiger partial charge in [0.05, 0.1) is 17.0 Å². The van der Waals surface area contributed by atoms with Crippen molar-refractivity contribution in [3.63, 3.8) is 0 Å². The molecule has 3 aromatic rings. The van der Waals surface area contributed by atoms with Gasteiger partial charge in [-0.15, -0.1) is 16.4 Å². The van der Waals surface area contributed by atoms with E-state index in [-0.39, 0.29) is 0 Å². The first-order valence-electron chi connectivity index (χ1n) is 8.56. The molecule has 0 aliphatic carbocycles. The van der Waals surface area contributed by atoms with Crippen molar-refractivity contribution in [2.75, 3.05) is 13.1 Å². The molecule has 0 bridgehead atoms. The molecule has 0 aliphatic rings. The quantitative estimate of drug-likeness (QED) is 0.434. The smallest absolute Gasteiger partial charge is 0.216 e. The van der Waals surface area contributed by atoms with Gasteiger partial charge in [0, 0.05) is 24.4 Å². The van der Waals surface area contributed by atoms with Gasteiger partial charge in [0.15, 0.2) is 11.7 Å². The first-order valence-corrected chi connectivity index (χ1v) is 9.37. The zero-order valence-corrected chi connectivity index (χ0v) is 16.0. The van der Waals surface area contributed by atoms with Gasteiger partial charge in [-0.05, 0) is 32.9 Å². The second-order valence-corrected chi connectivity index (χ2v) is 6.99. The number of hydrogen-bond acceptors (Lipinski definition) is 6. The summed E-state index contributed by atoms with van der Waals surface area (Å²) in [6.45, 7) is 8.14. The Balaban J connectivity index is 1.55. The Labute approximate surface area is 156 Å². The molecule has 0 amide bonds. The number of rotatable bonds is 7. The van der Waals surface area contributed by atoms with Crippen LogP contribution in [0.15, 0.2) is 27.8 Å². The van der Waals surface area contributed by atoms with E-state index in [0.717, 1.165) is 36.2 Å². The number of aliphatic imine (C=N–C) groups is 1.